The summed E-state index contributed by atoms with van der Waals surface area (Å²) in [7, 11) is 0. The van der Waals surface area contributed by atoms with Gasteiger partial charge in [0.1, 0.15) is 11.5 Å². The van der Waals surface area contributed by atoms with E-state index in [1.807, 2.05) is 24.3 Å². The van der Waals surface area contributed by atoms with E-state index in [9.17, 15) is 15.0 Å². The Labute approximate surface area is 120 Å². The molecule has 5 heteroatoms. The van der Waals surface area contributed by atoms with Gasteiger partial charge in [0, 0.05) is 28.9 Å². The van der Waals surface area contributed by atoms with Gasteiger partial charge in [-0.2, -0.15) is 0 Å². The summed E-state index contributed by atoms with van der Waals surface area (Å²) in [6.07, 6.45) is 1.70. The lowest BCUT2D eigenvalue weighted by Crippen LogP contribution is -2.11. The van der Waals surface area contributed by atoms with Gasteiger partial charge in [0.15, 0.2) is 0 Å². The molecule has 0 bridgehead atoms. The molecule has 21 heavy (non-hydrogen) atoms. The van der Waals surface area contributed by atoms with Gasteiger partial charge >= 0.3 is 0 Å². The van der Waals surface area contributed by atoms with E-state index < -0.39 is 5.91 Å². The number of hydrogen-bond acceptors (Lipinski definition) is 4. The van der Waals surface area contributed by atoms with Crippen molar-refractivity contribution < 1.29 is 15.0 Å². The van der Waals surface area contributed by atoms with Gasteiger partial charge in [0.05, 0.1) is 5.52 Å². The molecule has 0 aliphatic carbocycles. The van der Waals surface area contributed by atoms with Gasteiger partial charge in [-0.1, -0.05) is 6.07 Å². The van der Waals surface area contributed by atoms with Crippen LogP contribution in [0, 0.1) is 0 Å². The van der Waals surface area contributed by atoms with Crippen LogP contribution in [0.25, 0.3) is 10.9 Å². The fourth-order valence-corrected chi connectivity index (χ4v) is 2.08. The van der Waals surface area contributed by atoms with Crippen LogP contribution in [0.15, 0.2) is 54.7 Å². The molecule has 3 aromatic rings. The number of aromatic nitrogens is 1. The lowest BCUT2D eigenvalue weighted by Gasteiger charge is -2.07. The van der Waals surface area contributed by atoms with E-state index in [4.69, 9.17) is 0 Å². The molecule has 0 fully saturated rings. The average molecular weight is 280 g/mol. The van der Waals surface area contributed by atoms with E-state index >= 15 is 0 Å². The maximum atomic E-state index is 12.1. The average Bonchev–Trinajstić information content (AvgIpc) is 2.46. The number of phenolic OH excluding ortho intramolecular Hbond substituents is 2. The molecule has 5 nitrogen and oxygen atoms in total. The molecule has 0 radical (unpaired) electrons. The second kappa shape index (κ2) is 5.13. The zero-order chi connectivity index (χ0) is 14.8. The number of phenols is 2. The Hall–Kier alpha value is -3.08. The molecule has 3 N–H and O–H groups in total. The summed E-state index contributed by atoms with van der Waals surface area (Å²) in [5.41, 5.74) is 1.63. The molecular weight excluding hydrogens is 268 g/mol. The first-order chi connectivity index (χ1) is 10.1. The summed E-state index contributed by atoms with van der Waals surface area (Å²) in [6, 6.07) is 12.8. The highest BCUT2D eigenvalue weighted by Gasteiger charge is 2.09. The number of benzene rings is 2. The van der Waals surface area contributed by atoms with E-state index in [2.05, 4.69) is 10.3 Å². The third-order valence-corrected chi connectivity index (χ3v) is 3.03. The van der Waals surface area contributed by atoms with E-state index in [1.165, 1.54) is 18.2 Å². The first kappa shape index (κ1) is 12.9. The van der Waals surface area contributed by atoms with Crippen molar-refractivity contribution in [1.82, 2.24) is 4.98 Å². The van der Waals surface area contributed by atoms with Crippen molar-refractivity contribution in [3.8, 4) is 11.5 Å². The standard InChI is InChI=1S/C16H12N2O3/c19-13-7-11(8-14(20)9-13)16(21)18-12-3-4-15-10(6-12)2-1-5-17-15/h1-9,19-20H,(H,18,21). The quantitative estimate of drug-likeness (QED) is 0.674. The van der Waals surface area contributed by atoms with E-state index in [1.54, 1.807) is 12.3 Å². The molecule has 0 saturated heterocycles. The molecule has 1 heterocycles. The van der Waals surface area contributed by atoms with Gasteiger partial charge in [-0.3, -0.25) is 9.78 Å². The molecular formula is C16H12N2O3. The summed E-state index contributed by atoms with van der Waals surface area (Å²) >= 11 is 0. The Balaban J connectivity index is 1.88. The number of aromatic hydroxyl groups is 2. The number of nitrogens with zero attached hydrogens (tertiary/aromatic N) is 1. The fraction of sp³-hybridized carbons (Fsp3) is 0. The second-order valence-electron chi connectivity index (χ2n) is 4.60. The third-order valence-electron chi connectivity index (χ3n) is 3.03. The summed E-state index contributed by atoms with van der Waals surface area (Å²) in [5.74, 6) is -0.741. The Morgan fingerprint density at radius 2 is 1.76 bits per heavy atom. The van der Waals surface area contributed by atoms with Crippen LogP contribution in [-0.2, 0) is 0 Å². The number of carbonyl (C=O) groups is 1. The second-order valence-corrected chi connectivity index (χ2v) is 4.60. The number of pyridine rings is 1. The normalized spacial score (nSPS) is 10.5. The van der Waals surface area contributed by atoms with E-state index in [0.29, 0.717) is 5.69 Å². The summed E-state index contributed by atoms with van der Waals surface area (Å²) in [5, 5.41) is 22.4. The fourth-order valence-electron chi connectivity index (χ4n) is 2.08. The number of nitrogens with one attached hydrogen (secondary N) is 1. The van der Waals surface area contributed by atoms with Crippen molar-refractivity contribution in [2.75, 3.05) is 5.32 Å². The smallest absolute Gasteiger partial charge is 0.255 e. The molecule has 1 amide bonds. The number of rotatable bonds is 2. The summed E-state index contributed by atoms with van der Waals surface area (Å²) < 4.78 is 0. The maximum absolute atomic E-state index is 12.1. The lowest BCUT2D eigenvalue weighted by atomic mass is 10.1. The minimum Gasteiger partial charge on any atom is -0.508 e. The molecule has 0 aliphatic rings. The van der Waals surface area contributed by atoms with Crippen LogP contribution in [0.2, 0.25) is 0 Å². The zero-order valence-corrected chi connectivity index (χ0v) is 10.9. The van der Waals surface area contributed by atoms with Gasteiger partial charge in [-0.25, -0.2) is 0 Å². The Bertz CT molecular complexity index is 810. The van der Waals surface area contributed by atoms with Crippen molar-refractivity contribution >= 4 is 22.5 Å². The third kappa shape index (κ3) is 2.76. The number of hydrogen-bond donors (Lipinski definition) is 3. The highest BCUT2D eigenvalue weighted by atomic mass is 16.3. The van der Waals surface area contributed by atoms with Gasteiger partial charge in [0.2, 0.25) is 0 Å². The molecule has 2 aromatic carbocycles. The van der Waals surface area contributed by atoms with Crippen LogP contribution in [0.5, 0.6) is 11.5 Å². The highest BCUT2D eigenvalue weighted by molar-refractivity contribution is 6.05. The van der Waals surface area contributed by atoms with Crippen LogP contribution in [-0.4, -0.2) is 21.1 Å². The Morgan fingerprint density at radius 3 is 2.52 bits per heavy atom. The molecule has 1 aromatic heterocycles. The van der Waals surface area contributed by atoms with Crippen molar-refractivity contribution in [3.63, 3.8) is 0 Å². The molecule has 3 rings (SSSR count). The predicted octanol–water partition coefficient (Wildman–Crippen LogP) is 2.90. The summed E-state index contributed by atoms with van der Waals surface area (Å²) in [6.45, 7) is 0. The van der Waals surface area contributed by atoms with E-state index in [-0.39, 0.29) is 17.1 Å². The van der Waals surface area contributed by atoms with Crippen LogP contribution < -0.4 is 5.32 Å². The molecule has 0 unspecified atom stereocenters. The topological polar surface area (TPSA) is 82.5 Å². The largest absolute Gasteiger partial charge is 0.508 e. The van der Waals surface area contributed by atoms with Crippen LogP contribution in [0.1, 0.15) is 10.4 Å². The van der Waals surface area contributed by atoms with Crippen LogP contribution >= 0.6 is 0 Å². The Morgan fingerprint density at radius 1 is 1.00 bits per heavy atom. The zero-order valence-electron chi connectivity index (χ0n) is 10.9. The van der Waals surface area contributed by atoms with Gasteiger partial charge < -0.3 is 15.5 Å². The van der Waals surface area contributed by atoms with Gasteiger partial charge in [-0.15, -0.1) is 0 Å². The molecule has 104 valence electrons. The first-order valence-corrected chi connectivity index (χ1v) is 6.31. The minimum absolute atomic E-state index is 0.164. The van der Waals surface area contributed by atoms with Crippen molar-refractivity contribution in [2.45, 2.75) is 0 Å². The predicted molar refractivity (Wildman–Crippen MR) is 79.5 cm³/mol. The van der Waals surface area contributed by atoms with Crippen molar-refractivity contribution in [3.05, 3.63) is 60.3 Å². The van der Waals surface area contributed by atoms with Gasteiger partial charge in [-0.05, 0) is 36.4 Å². The highest BCUT2D eigenvalue weighted by Crippen LogP contribution is 2.22. The maximum Gasteiger partial charge on any atom is 0.255 e. The van der Waals surface area contributed by atoms with Crippen LogP contribution in [0.4, 0.5) is 5.69 Å². The number of carbonyl (C=O) groups excluding carboxylic acids is 1. The number of amides is 1. The molecule has 0 spiro atoms. The minimum atomic E-state index is -0.413. The monoisotopic (exact) mass is 280 g/mol. The Kier molecular flexibility index (Phi) is 3.16. The lowest BCUT2D eigenvalue weighted by molar-refractivity contribution is 0.102. The number of anilines is 1. The van der Waals surface area contributed by atoms with Crippen molar-refractivity contribution in [2.24, 2.45) is 0 Å². The van der Waals surface area contributed by atoms with Crippen molar-refractivity contribution in [1.29, 1.82) is 0 Å². The van der Waals surface area contributed by atoms with Crippen LogP contribution in [0.3, 0.4) is 0 Å². The van der Waals surface area contributed by atoms with E-state index in [0.717, 1.165) is 10.9 Å². The summed E-state index contributed by atoms with van der Waals surface area (Å²) in [4.78, 5) is 16.3. The molecule has 0 saturated carbocycles. The SMILES string of the molecule is O=C(Nc1ccc2ncccc2c1)c1cc(O)cc(O)c1. The first-order valence-electron chi connectivity index (χ1n) is 6.31. The molecule has 0 atom stereocenters. The van der Waals surface area contributed by atoms with Gasteiger partial charge in [0.25, 0.3) is 5.91 Å². The molecule has 0 aliphatic heterocycles. The number of fused-ring (bicyclic) bond motifs is 1.